The molecule has 1 fully saturated rings. The normalized spacial score (nSPS) is 20.8. The van der Waals surface area contributed by atoms with Crippen LogP contribution in [-0.4, -0.2) is 32.6 Å². The Morgan fingerprint density at radius 1 is 1.29 bits per heavy atom. The number of sulfonamides is 1. The van der Waals surface area contributed by atoms with Gasteiger partial charge in [0.25, 0.3) is 0 Å². The highest BCUT2D eigenvalue weighted by Crippen LogP contribution is 2.19. The van der Waals surface area contributed by atoms with E-state index in [4.69, 9.17) is 5.73 Å². The minimum atomic E-state index is -3.49. The van der Waals surface area contributed by atoms with E-state index in [1.807, 2.05) is 0 Å². The Bertz CT molecular complexity index is 555. The van der Waals surface area contributed by atoms with E-state index in [0.29, 0.717) is 11.6 Å². The summed E-state index contributed by atoms with van der Waals surface area (Å²) in [5, 5.41) is 0. The number of nitrogens with two attached hydrogens (primary N) is 1. The van der Waals surface area contributed by atoms with Crippen molar-refractivity contribution in [1.29, 1.82) is 0 Å². The van der Waals surface area contributed by atoms with Crippen LogP contribution in [0, 0.1) is 5.92 Å². The second kappa shape index (κ2) is 6.77. The Labute approximate surface area is 127 Å². The molecule has 1 saturated heterocycles. The smallest absolute Gasteiger partial charge is 0.241 e. The molecule has 0 bridgehead atoms. The van der Waals surface area contributed by atoms with E-state index in [0.717, 1.165) is 32.4 Å². The van der Waals surface area contributed by atoms with Gasteiger partial charge in [0.1, 0.15) is 0 Å². The Balaban J connectivity index is 2.12. The van der Waals surface area contributed by atoms with Crippen LogP contribution in [0.2, 0.25) is 0 Å². The van der Waals surface area contributed by atoms with Crippen LogP contribution in [0.15, 0.2) is 29.2 Å². The maximum absolute atomic E-state index is 12.5. The van der Waals surface area contributed by atoms with Gasteiger partial charge in [-0.2, -0.15) is 4.72 Å². The summed E-state index contributed by atoms with van der Waals surface area (Å²) in [7, 11) is -3.49. The number of anilines is 1. The minimum Gasteiger partial charge on any atom is -0.399 e. The Hall–Kier alpha value is -1.11. The molecule has 1 aliphatic heterocycles. The molecule has 0 aliphatic carbocycles. The van der Waals surface area contributed by atoms with Gasteiger partial charge in [-0.1, -0.05) is 13.8 Å². The molecule has 0 saturated carbocycles. The molecule has 0 amide bonds. The highest BCUT2D eigenvalue weighted by molar-refractivity contribution is 7.89. The topological polar surface area (TPSA) is 75.4 Å². The quantitative estimate of drug-likeness (QED) is 0.816. The molecule has 1 aromatic carbocycles. The maximum Gasteiger partial charge on any atom is 0.241 e. The molecule has 3 N–H and O–H groups in total. The highest BCUT2D eigenvalue weighted by Gasteiger charge is 2.27. The van der Waals surface area contributed by atoms with Gasteiger partial charge in [0.15, 0.2) is 0 Å². The van der Waals surface area contributed by atoms with Crippen molar-refractivity contribution in [3.8, 4) is 0 Å². The molecule has 118 valence electrons. The molecule has 1 aliphatic rings. The van der Waals surface area contributed by atoms with Crippen molar-refractivity contribution in [2.24, 2.45) is 5.92 Å². The van der Waals surface area contributed by atoms with Crippen molar-refractivity contribution in [1.82, 2.24) is 9.62 Å². The summed E-state index contributed by atoms with van der Waals surface area (Å²) in [6.07, 6.45) is 2.95. The van der Waals surface area contributed by atoms with Crippen molar-refractivity contribution in [2.45, 2.75) is 44.2 Å². The number of hydrogen-bond donors (Lipinski definition) is 2. The molecule has 6 heteroatoms. The standard InChI is InChI=1S/C15H25N3O2S/c1-12(2)11-18-10-4-3-5-15(18)17-21(19,20)14-8-6-13(16)7-9-14/h6-9,12,15,17H,3-5,10-11,16H2,1-2H3. The number of benzene rings is 1. The summed E-state index contributed by atoms with van der Waals surface area (Å²) in [4.78, 5) is 2.51. The predicted octanol–water partition coefficient (Wildman–Crippen LogP) is 2.02. The van der Waals surface area contributed by atoms with Crippen LogP contribution >= 0.6 is 0 Å². The summed E-state index contributed by atoms with van der Waals surface area (Å²) in [5.74, 6) is 0.520. The monoisotopic (exact) mass is 311 g/mol. The van der Waals surface area contributed by atoms with Crippen LogP contribution < -0.4 is 10.5 Å². The molecule has 0 aromatic heterocycles. The van der Waals surface area contributed by atoms with E-state index >= 15 is 0 Å². The Morgan fingerprint density at radius 3 is 2.57 bits per heavy atom. The fourth-order valence-electron chi connectivity index (χ4n) is 2.71. The average Bonchev–Trinajstić information content (AvgIpc) is 2.40. The van der Waals surface area contributed by atoms with Crippen LogP contribution in [0.4, 0.5) is 5.69 Å². The molecular formula is C15H25N3O2S. The van der Waals surface area contributed by atoms with Gasteiger partial charge in [-0.05, 0) is 56.0 Å². The van der Waals surface area contributed by atoms with Gasteiger partial charge in [0.2, 0.25) is 10.0 Å². The number of likely N-dealkylation sites (tertiary alicyclic amines) is 1. The molecule has 1 aromatic rings. The van der Waals surface area contributed by atoms with Gasteiger partial charge in [-0.25, -0.2) is 8.42 Å². The van der Waals surface area contributed by atoms with Gasteiger partial charge in [0, 0.05) is 12.2 Å². The molecule has 1 unspecified atom stereocenters. The number of nitrogens with one attached hydrogen (secondary N) is 1. The first-order valence-electron chi connectivity index (χ1n) is 7.50. The summed E-state index contributed by atoms with van der Waals surface area (Å²) in [6.45, 7) is 6.17. The summed E-state index contributed by atoms with van der Waals surface area (Å²) in [5.41, 5.74) is 6.17. The first-order valence-corrected chi connectivity index (χ1v) is 8.99. The van der Waals surface area contributed by atoms with Crippen molar-refractivity contribution in [3.05, 3.63) is 24.3 Å². The van der Waals surface area contributed by atoms with E-state index in [1.54, 1.807) is 24.3 Å². The summed E-state index contributed by atoms with van der Waals surface area (Å²) >= 11 is 0. The number of piperidine rings is 1. The summed E-state index contributed by atoms with van der Waals surface area (Å²) in [6, 6.07) is 6.32. The predicted molar refractivity (Wildman–Crippen MR) is 85.2 cm³/mol. The third-order valence-corrected chi connectivity index (χ3v) is 5.17. The largest absolute Gasteiger partial charge is 0.399 e. The lowest BCUT2D eigenvalue weighted by Crippen LogP contribution is -2.51. The Morgan fingerprint density at radius 2 is 1.95 bits per heavy atom. The van der Waals surface area contributed by atoms with Crippen LogP contribution in [-0.2, 0) is 10.0 Å². The van der Waals surface area contributed by atoms with Gasteiger partial charge in [-0.3, -0.25) is 4.90 Å². The number of nitrogens with zero attached hydrogens (tertiary/aromatic N) is 1. The second-order valence-corrected chi connectivity index (χ2v) is 7.80. The summed E-state index contributed by atoms with van der Waals surface area (Å²) < 4.78 is 27.8. The lowest BCUT2D eigenvalue weighted by molar-refractivity contribution is 0.124. The fourth-order valence-corrected chi connectivity index (χ4v) is 3.96. The maximum atomic E-state index is 12.5. The molecule has 21 heavy (non-hydrogen) atoms. The zero-order valence-electron chi connectivity index (χ0n) is 12.7. The third kappa shape index (κ3) is 4.43. The lowest BCUT2D eigenvalue weighted by atomic mass is 10.1. The first kappa shape index (κ1) is 16.3. The number of rotatable bonds is 5. The molecule has 0 spiro atoms. The van der Waals surface area contributed by atoms with E-state index in [2.05, 4.69) is 23.5 Å². The molecule has 1 heterocycles. The fraction of sp³-hybridized carbons (Fsp3) is 0.600. The Kier molecular flexibility index (Phi) is 5.24. The van der Waals surface area contributed by atoms with Crippen LogP contribution in [0.25, 0.3) is 0 Å². The van der Waals surface area contributed by atoms with Gasteiger partial charge >= 0.3 is 0 Å². The van der Waals surface area contributed by atoms with Crippen LogP contribution in [0.1, 0.15) is 33.1 Å². The zero-order chi connectivity index (χ0) is 15.5. The molecule has 5 nitrogen and oxygen atoms in total. The van der Waals surface area contributed by atoms with Crippen molar-refractivity contribution in [3.63, 3.8) is 0 Å². The lowest BCUT2D eigenvalue weighted by Gasteiger charge is -2.36. The second-order valence-electron chi connectivity index (χ2n) is 6.09. The van der Waals surface area contributed by atoms with Crippen molar-refractivity contribution in [2.75, 3.05) is 18.8 Å². The number of hydrogen-bond acceptors (Lipinski definition) is 4. The zero-order valence-corrected chi connectivity index (χ0v) is 13.6. The van der Waals surface area contributed by atoms with Gasteiger partial charge < -0.3 is 5.73 Å². The SMILES string of the molecule is CC(C)CN1CCCCC1NS(=O)(=O)c1ccc(N)cc1. The van der Waals surface area contributed by atoms with Gasteiger partial charge in [0.05, 0.1) is 11.1 Å². The van der Waals surface area contributed by atoms with Crippen molar-refractivity contribution >= 4 is 15.7 Å². The van der Waals surface area contributed by atoms with E-state index in [-0.39, 0.29) is 11.1 Å². The number of nitrogen functional groups attached to an aromatic ring is 1. The van der Waals surface area contributed by atoms with Gasteiger partial charge in [-0.15, -0.1) is 0 Å². The molecule has 1 atom stereocenters. The molecule has 0 radical (unpaired) electrons. The van der Waals surface area contributed by atoms with Crippen molar-refractivity contribution < 1.29 is 8.42 Å². The average molecular weight is 311 g/mol. The van der Waals surface area contributed by atoms with Crippen LogP contribution in [0.5, 0.6) is 0 Å². The molecular weight excluding hydrogens is 286 g/mol. The molecule has 2 rings (SSSR count). The third-order valence-electron chi connectivity index (χ3n) is 3.69. The van der Waals surface area contributed by atoms with E-state index in [9.17, 15) is 8.42 Å². The van der Waals surface area contributed by atoms with E-state index < -0.39 is 10.0 Å². The van der Waals surface area contributed by atoms with E-state index in [1.165, 1.54) is 0 Å². The highest BCUT2D eigenvalue weighted by atomic mass is 32.2. The first-order chi connectivity index (χ1) is 9.88. The van der Waals surface area contributed by atoms with Crippen LogP contribution in [0.3, 0.4) is 0 Å². The minimum absolute atomic E-state index is 0.108.